The molecule has 3 aromatic carbocycles. The third-order valence-corrected chi connectivity index (χ3v) is 7.74. The summed E-state index contributed by atoms with van der Waals surface area (Å²) in [7, 11) is 0. The highest BCUT2D eigenvalue weighted by atomic mass is 35.5. The van der Waals surface area contributed by atoms with Gasteiger partial charge in [0, 0.05) is 33.3 Å². The third-order valence-electron chi connectivity index (χ3n) is 7.24. The summed E-state index contributed by atoms with van der Waals surface area (Å²) in [6, 6.07) is 21.8. The topological polar surface area (TPSA) is 49.9 Å². The molecule has 0 saturated carbocycles. The lowest BCUT2D eigenvalue weighted by atomic mass is 9.93. The molecule has 0 radical (unpaired) electrons. The predicted molar refractivity (Wildman–Crippen MR) is 169 cm³/mol. The molecule has 0 unspecified atom stereocenters. The summed E-state index contributed by atoms with van der Waals surface area (Å²) in [5.74, 6) is 0.525. The van der Waals surface area contributed by atoms with Crippen molar-refractivity contribution in [3.63, 3.8) is 0 Å². The molecular weight excluding hydrogens is 579 g/mol. The molecule has 0 atom stereocenters. The van der Waals surface area contributed by atoms with E-state index in [9.17, 15) is 9.59 Å². The number of nitrogens with zero attached hydrogens (tertiary/aromatic N) is 2. The van der Waals surface area contributed by atoms with E-state index in [1.54, 1.807) is 41.3 Å². The summed E-state index contributed by atoms with van der Waals surface area (Å²) in [6.07, 6.45) is 7.48. The highest BCUT2D eigenvalue weighted by molar-refractivity contribution is 6.31. The number of piperidine rings is 2. The fourth-order valence-corrected chi connectivity index (χ4v) is 5.31. The van der Waals surface area contributed by atoms with Crippen LogP contribution in [0.3, 0.4) is 0 Å². The number of rotatable bonds is 7. The maximum atomic E-state index is 13.6. The molecule has 0 bridgehead atoms. The second kappa shape index (κ2) is 14.7. The minimum atomic E-state index is -0.142. The second-order valence-corrected chi connectivity index (χ2v) is 11.1. The Morgan fingerprint density at radius 1 is 0.756 bits per heavy atom. The van der Waals surface area contributed by atoms with E-state index in [2.05, 4.69) is 4.90 Å². The van der Waals surface area contributed by atoms with Crippen LogP contribution in [0.2, 0.25) is 10.0 Å². The zero-order chi connectivity index (χ0) is 27.9. The summed E-state index contributed by atoms with van der Waals surface area (Å²) in [6.45, 7) is 4.24. The van der Waals surface area contributed by atoms with E-state index in [0.717, 1.165) is 36.5 Å². The van der Waals surface area contributed by atoms with Crippen LogP contribution in [0.4, 0.5) is 0 Å². The number of amides is 1. The lowest BCUT2D eigenvalue weighted by molar-refractivity contribution is -0.113. The van der Waals surface area contributed by atoms with Crippen LogP contribution in [0, 0.1) is 0 Å². The van der Waals surface area contributed by atoms with Crippen molar-refractivity contribution in [3.05, 3.63) is 111 Å². The highest BCUT2D eigenvalue weighted by Crippen LogP contribution is 2.25. The monoisotopic (exact) mass is 610 g/mol. The van der Waals surface area contributed by atoms with Crippen molar-refractivity contribution >= 4 is 59.5 Å². The maximum Gasteiger partial charge on any atom is 0.254 e. The van der Waals surface area contributed by atoms with Crippen LogP contribution < -0.4 is 4.74 Å². The Balaban J connectivity index is 0.00000387. The van der Waals surface area contributed by atoms with Crippen molar-refractivity contribution in [1.29, 1.82) is 0 Å². The van der Waals surface area contributed by atoms with Crippen LogP contribution in [0.25, 0.3) is 12.2 Å². The third kappa shape index (κ3) is 8.46. The van der Waals surface area contributed by atoms with Gasteiger partial charge in [0.2, 0.25) is 0 Å². The number of halogens is 3. The second-order valence-electron chi connectivity index (χ2n) is 10.2. The Morgan fingerprint density at radius 2 is 1.27 bits per heavy atom. The molecule has 2 fully saturated rings. The van der Waals surface area contributed by atoms with Crippen LogP contribution in [-0.2, 0) is 4.79 Å². The minimum absolute atomic E-state index is 0. The lowest BCUT2D eigenvalue weighted by Gasteiger charge is -2.30. The Morgan fingerprint density at radius 3 is 1.78 bits per heavy atom. The van der Waals surface area contributed by atoms with Crippen molar-refractivity contribution < 1.29 is 14.3 Å². The van der Waals surface area contributed by atoms with Gasteiger partial charge in [0.1, 0.15) is 12.4 Å². The Bertz CT molecular complexity index is 1330. The fraction of sp³-hybridized carbons (Fsp3) is 0.273. The molecule has 2 aliphatic heterocycles. The molecule has 0 aliphatic carbocycles. The molecule has 0 N–H and O–H groups in total. The van der Waals surface area contributed by atoms with Crippen molar-refractivity contribution in [2.24, 2.45) is 0 Å². The molecule has 2 heterocycles. The number of Topliss-reactive ketones (excluding diaryl/α,β-unsaturated/α-hetero) is 1. The molecule has 2 saturated heterocycles. The zero-order valence-electron chi connectivity index (χ0n) is 22.7. The summed E-state index contributed by atoms with van der Waals surface area (Å²) >= 11 is 12.1. The molecule has 41 heavy (non-hydrogen) atoms. The number of benzene rings is 3. The molecule has 0 aromatic heterocycles. The first kappa shape index (κ1) is 30.9. The Kier molecular flexibility index (Phi) is 11.1. The summed E-state index contributed by atoms with van der Waals surface area (Å²) in [5.41, 5.74) is 3.33. The Labute approximate surface area is 257 Å². The number of hydrogen-bond donors (Lipinski definition) is 0. The molecule has 0 spiro atoms. The minimum Gasteiger partial charge on any atom is -0.492 e. The van der Waals surface area contributed by atoms with E-state index in [1.165, 1.54) is 19.3 Å². The number of carbonyl (C=O) groups is 2. The fourth-order valence-electron chi connectivity index (χ4n) is 5.06. The first-order valence-corrected chi connectivity index (χ1v) is 14.4. The number of likely N-dealkylation sites (tertiary alicyclic amines) is 2. The van der Waals surface area contributed by atoms with Gasteiger partial charge in [-0.25, -0.2) is 0 Å². The standard InChI is InChI=1S/C33H32Cl2N2O3.ClH/c34-29-10-4-24(5-11-29)20-27-22-37(23-28(32(27)38)21-25-6-12-30(35)13-7-25)33(39)26-8-14-31(15-9-26)40-19-18-36-16-2-1-3-17-36;/h4-15,20-21H,1-3,16-19,22-23H2;1H/b27-20-,28-21+;. The van der Waals surface area contributed by atoms with Gasteiger partial charge in [0.25, 0.3) is 5.91 Å². The van der Waals surface area contributed by atoms with Crippen LogP contribution >= 0.6 is 35.6 Å². The molecular formula is C33H33Cl3N2O3. The number of ether oxygens (including phenoxy) is 1. The predicted octanol–water partition coefficient (Wildman–Crippen LogP) is 7.47. The van der Waals surface area contributed by atoms with Crippen LogP contribution in [0.1, 0.15) is 40.7 Å². The zero-order valence-corrected chi connectivity index (χ0v) is 25.1. The number of hydrogen-bond acceptors (Lipinski definition) is 4. The van der Waals surface area contributed by atoms with Crippen LogP contribution in [0.15, 0.2) is 83.9 Å². The van der Waals surface area contributed by atoms with Crippen LogP contribution in [-0.4, -0.2) is 60.8 Å². The van der Waals surface area contributed by atoms with Gasteiger partial charge in [-0.15, -0.1) is 12.4 Å². The normalized spacial score (nSPS) is 17.9. The van der Waals surface area contributed by atoms with Gasteiger partial charge in [-0.2, -0.15) is 0 Å². The quantitative estimate of drug-likeness (QED) is 0.260. The largest absolute Gasteiger partial charge is 0.492 e. The van der Waals surface area contributed by atoms with Crippen molar-refractivity contribution in [1.82, 2.24) is 9.80 Å². The van der Waals surface area contributed by atoms with Gasteiger partial charge in [0.15, 0.2) is 5.78 Å². The van der Waals surface area contributed by atoms with Crippen molar-refractivity contribution in [2.45, 2.75) is 19.3 Å². The first-order chi connectivity index (χ1) is 19.4. The van der Waals surface area contributed by atoms with E-state index in [0.29, 0.717) is 33.4 Å². The van der Waals surface area contributed by atoms with Crippen molar-refractivity contribution in [2.75, 3.05) is 39.3 Å². The van der Waals surface area contributed by atoms with Gasteiger partial charge < -0.3 is 9.64 Å². The van der Waals surface area contributed by atoms with E-state index < -0.39 is 0 Å². The molecule has 2 aliphatic rings. The van der Waals surface area contributed by atoms with Gasteiger partial charge in [-0.05, 0) is 97.7 Å². The van der Waals surface area contributed by atoms with Crippen molar-refractivity contribution in [3.8, 4) is 5.75 Å². The molecule has 5 nitrogen and oxygen atoms in total. The maximum absolute atomic E-state index is 13.6. The lowest BCUT2D eigenvalue weighted by Crippen LogP contribution is -2.41. The van der Waals surface area contributed by atoms with E-state index in [-0.39, 0.29) is 37.2 Å². The molecule has 1 amide bonds. The van der Waals surface area contributed by atoms with E-state index >= 15 is 0 Å². The molecule has 5 rings (SSSR count). The first-order valence-electron chi connectivity index (χ1n) is 13.7. The molecule has 214 valence electrons. The molecule has 3 aromatic rings. The summed E-state index contributed by atoms with van der Waals surface area (Å²) in [4.78, 5) is 31.2. The highest BCUT2D eigenvalue weighted by Gasteiger charge is 2.29. The van der Waals surface area contributed by atoms with Crippen LogP contribution in [0.5, 0.6) is 5.75 Å². The average Bonchev–Trinajstić information content (AvgIpc) is 2.98. The smallest absolute Gasteiger partial charge is 0.254 e. The number of carbonyl (C=O) groups excluding carboxylic acids is 2. The number of ketones is 1. The van der Waals surface area contributed by atoms with Gasteiger partial charge in [-0.3, -0.25) is 14.5 Å². The van der Waals surface area contributed by atoms with E-state index in [4.69, 9.17) is 27.9 Å². The SMILES string of the molecule is Cl.O=C1/C(=C\c2ccc(Cl)cc2)CN(C(=O)c2ccc(OCCN3CCCCC3)cc2)C/C1=C\c1ccc(Cl)cc1. The summed E-state index contributed by atoms with van der Waals surface area (Å²) in [5, 5.41) is 1.24. The van der Waals surface area contributed by atoms with E-state index in [1.807, 2.05) is 48.6 Å². The average molecular weight is 612 g/mol. The van der Waals surface area contributed by atoms with Gasteiger partial charge >= 0.3 is 0 Å². The molecule has 8 heteroatoms. The van der Waals surface area contributed by atoms with Gasteiger partial charge in [0.05, 0.1) is 13.1 Å². The van der Waals surface area contributed by atoms with Gasteiger partial charge in [-0.1, -0.05) is 53.9 Å². The summed E-state index contributed by atoms with van der Waals surface area (Å²) < 4.78 is 5.94. The Hall–Kier alpha value is -3.09.